The van der Waals surface area contributed by atoms with Gasteiger partial charge in [-0.1, -0.05) is 54.6 Å². The number of para-hydroxylation sites is 1. The van der Waals surface area contributed by atoms with Crippen LogP contribution < -0.4 is 4.74 Å². The molecule has 2 aromatic rings. The fourth-order valence-corrected chi connectivity index (χ4v) is 3.38. The van der Waals surface area contributed by atoms with Gasteiger partial charge in [0.15, 0.2) is 0 Å². The van der Waals surface area contributed by atoms with Crippen LogP contribution in [-0.4, -0.2) is 43.3 Å². The van der Waals surface area contributed by atoms with E-state index in [0.717, 1.165) is 4.90 Å². The van der Waals surface area contributed by atoms with Crippen molar-refractivity contribution in [2.24, 2.45) is 15.9 Å². The number of ether oxygens (including phenoxy) is 1. The van der Waals surface area contributed by atoms with Gasteiger partial charge in [0.2, 0.25) is 5.91 Å². The first-order valence-electron chi connectivity index (χ1n) is 10.2. The van der Waals surface area contributed by atoms with Crippen molar-refractivity contribution in [3.8, 4) is 5.75 Å². The highest BCUT2D eigenvalue weighted by Gasteiger charge is 2.31. The molecule has 0 N–H and O–H groups in total. The zero-order valence-electron chi connectivity index (χ0n) is 18.1. The second-order valence-electron chi connectivity index (χ2n) is 6.97. The van der Waals surface area contributed by atoms with Gasteiger partial charge in [-0.25, -0.2) is 9.89 Å². The molecule has 1 unspecified atom stereocenters. The van der Waals surface area contributed by atoms with Gasteiger partial charge in [0, 0.05) is 24.3 Å². The third-order valence-corrected chi connectivity index (χ3v) is 5.02. The van der Waals surface area contributed by atoms with Crippen molar-refractivity contribution < 1.29 is 14.3 Å². The van der Waals surface area contributed by atoms with Crippen LogP contribution in [0.5, 0.6) is 5.75 Å². The second kappa shape index (κ2) is 10.8. The number of hydrogen-bond donors (Lipinski definition) is 0. The molecule has 6 nitrogen and oxygen atoms in total. The number of rotatable bonds is 7. The van der Waals surface area contributed by atoms with Gasteiger partial charge in [-0.3, -0.25) is 14.6 Å². The summed E-state index contributed by atoms with van der Waals surface area (Å²) in [6.45, 7) is 3.63. The van der Waals surface area contributed by atoms with E-state index in [0.29, 0.717) is 29.0 Å². The van der Waals surface area contributed by atoms with Gasteiger partial charge in [-0.05, 0) is 37.4 Å². The molecule has 0 fully saturated rings. The number of hydrogen-bond acceptors (Lipinski definition) is 5. The van der Waals surface area contributed by atoms with E-state index in [1.807, 2.05) is 42.5 Å². The molecule has 1 aliphatic rings. The lowest BCUT2D eigenvalue weighted by Crippen LogP contribution is -2.39. The largest absolute Gasteiger partial charge is 0.496 e. The van der Waals surface area contributed by atoms with Gasteiger partial charge in [0.05, 0.1) is 18.7 Å². The van der Waals surface area contributed by atoms with Crippen LogP contribution in [0.25, 0.3) is 0 Å². The van der Waals surface area contributed by atoms with E-state index in [9.17, 15) is 9.59 Å². The number of benzene rings is 2. The van der Waals surface area contributed by atoms with Gasteiger partial charge >= 0.3 is 0 Å². The van der Waals surface area contributed by atoms with Gasteiger partial charge in [-0.15, -0.1) is 0 Å². The third-order valence-electron chi connectivity index (χ3n) is 5.02. The lowest BCUT2D eigenvalue weighted by atomic mass is 9.98. The molecule has 6 heteroatoms. The summed E-state index contributed by atoms with van der Waals surface area (Å²) in [7, 11) is 3.19. The molecule has 1 atom stereocenters. The predicted octanol–water partition coefficient (Wildman–Crippen LogP) is 4.46. The molecule has 162 valence electrons. The van der Waals surface area contributed by atoms with E-state index in [-0.39, 0.29) is 11.7 Å². The van der Waals surface area contributed by atoms with Crippen LogP contribution in [0, 0.1) is 5.92 Å². The number of methoxy groups -OCH3 is 1. The monoisotopic (exact) mass is 427 g/mol. The van der Waals surface area contributed by atoms with Crippen molar-refractivity contribution in [2.75, 3.05) is 14.2 Å². The zero-order valence-corrected chi connectivity index (χ0v) is 18.1. The number of amides is 2. The second-order valence-corrected chi connectivity index (χ2v) is 6.97. The molecule has 3 rings (SSSR count). The van der Waals surface area contributed by atoms with Crippen LogP contribution in [0.2, 0.25) is 0 Å². The van der Waals surface area contributed by atoms with Gasteiger partial charge in [0.25, 0.3) is 5.91 Å². The summed E-state index contributed by atoms with van der Waals surface area (Å²) in [5, 5.41) is 0. The van der Waals surface area contributed by atoms with Crippen molar-refractivity contribution in [2.45, 2.75) is 6.42 Å². The quantitative estimate of drug-likeness (QED) is 0.484. The van der Waals surface area contributed by atoms with Gasteiger partial charge < -0.3 is 4.74 Å². The van der Waals surface area contributed by atoms with Crippen molar-refractivity contribution in [1.29, 1.82) is 0 Å². The zero-order chi connectivity index (χ0) is 22.9. The Bertz CT molecular complexity index is 1110. The number of nitrogens with zero attached hydrogens (tertiary/aromatic N) is 3. The molecule has 0 bridgehead atoms. The lowest BCUT2D eigenvalue weighted by molar-refractivity contribution is -0.129. The summed E-state index contributed by atoms with van der Waals surface area (Å²) in [5.74, 6) is -0.633. The van der Waals surface area contributed by atoms with Crippen molar-refractivity contribution in [3.63, 3.8) is 0 Å². The van der Waals surface area contributed by atoms with Gasteiger partial charge in [0.1, 0.15) is 11.6 Å². The van der Waals surface area contributed by atoms with Crippen molar-refractivity contribution in [1.82, 2.24) is 4.90 Å². The summed E-state index contributed by atoms with van der Waals surface area (Å²) in [4.78, 5) is 36.4. The normalized spacial score (nSPS) is 15.9. The van der Waals surface area contributed by atoms with E-state index in [1.54, 1.807) is 56.7 Å². The van der Waals surface area contributed by atoms with Crippen LogP contribution in [-0.2, 0) is 4.79 Å². The first-order chi connectivity index (χ1) is 15.6. The molecule has 0 saturated heterocycles. The summed E-state index contributed by atoms with van der Waals surface area (Å²) < 4.78 is 5.44. The molecule has 0 aliphatic heterocycles. The molecular formula is C26H25N3O3. The summed E-state index contributed by atoms with van der Waals surface area (Å²) in [6, 6.07) is 16.0. The molecule has 0 saturated carbocycles. The van der Waals surface area contributed by atoms with Crippen LogP contribution in [0.4, 0.5) is 0 Å². The van der Waals surface area contributed by atoms with Crippen LogP contribution >= 0.6 is 0 Å². The predicted molar refractivity (Wildman–Crippen MR) is 127 cm³/mol. The number of allylic oxidation sites excluding steroid dienone is 4. The Hall–Kier alpha value is -4.06. The highest BCUT2D eigenvalue weighted by Crippen LogP contribution is 2.24. The molecule has 0 heterocycles. The minimum Gasteiger partial charge on any atom is -0.496 e. The average molecular weight is 428 g/mol. The molecule has 0 radical (unpaired) electrons. The fourth-order valence-electron chi connectivity index (χ4n) is 3.38. The molecule has 2 amide bonds. The fraction of sp³-hybridized carbons (Fsp3) is 0.154. The standard InChI is InChI=1S/C26H25N3O3/c1-27-22(21-16-10-11-17-23(21)32-3)18-24(28-2)29(25(30)19-12-6-4-7-13-19)26(31)20-14-8-5-9-15-20/h4-14,16-18,20H,2,15H2,1,3H3/b24-18+,27-22?. The Morgan fingerprint density at radius 3 is 2.44 bits per heavy atom. The Morgan fingerprint density at radius 1 is 1.09 bits per heavy atom. The first kappa shape index (κ1) is 22.6. The summed E-state index contributed by atoms with van der Waals surface area (Å²) >= 11 is 0. The molecule has 0 spiro atoms. The third kappa shape index (κ3) is 4.98. The molecule has 0 aromatic heterocycles. The van der Waals surface area contributed by atoms with Crippen molar-refractivity contribution >= 4 is 24.2 Å². The Balaban J connectivity index is 2.09. The van der Waals surface area contributed by atoms with Crippen LogP contribution in [0.3, 0.4) is 0 Å². The maximum atomic E-state index is 13.5. The highest BCUT2D eigenvalue weighted by atomic mass is 16.5. The van der Waals surface area contributed by atoms with E-state index in [4.69, 9.17) is 4.74 Å². The first-order valence-corrected chi connectivity index (χ1v) is 10.2. The number of carbonyl (C=O) groups excluding carboxylic acids is 2. The molecule has 1 aliphatic carbocycles. The maximum Gasteiger partial charge on any atom is 0.266 e. The Labute approximate surface area is 188 Å². The lowest BCUT2D eigenvalue weighted by Gasteiger charge is -2.25. The maximum absolute atomic E-state index is 13.5. The van der Waals surface area contributed by atoms with Crippen LogP contribution in [0.15, 0.2) is 101 Å². The minimum absolute atomic E-state index is 0.0957. The van der Waals surface area contributed by atoms with Crippen molar-refractivity contribution in [3.05, 3.63) is 102 Å². The molecular weight excluding hydrogens is 402 g/mol. The molecule has 2 aromatic carbocycles. The molecule has 32 heavy (non-hydrogen) atoms. The highest BCUT2D eigenvalue weighted by molar-refractivity contribution is 6.13. The van der Waals surface area contributed by atoms with Gasteiger partial charge in [-0.2, -0.15) is 0 Å². The average Bonchev–Trinajstić information content (AvgIpc) is 2.87. The number of carbonyl (C=O) groups is 2. The summed E-state index contributed by atoms with van der Waals surface area (Å²) in [6.07, 6.45) is 9.43. The Morgan fingerprint density at radius 2 is 1.81 bits per heavy atom. The SMILES string of the molecule is C=N/C(=C\C(=NC)c1ccccc1OC)N(C(=O)c1ccccc1)C(=O)C1C=CC=CC1. The number of imide groups is 1. The Kier molecular flexibility index (Phi) is 7.65. The van der Waals surface area contributed by atoms with E-state index < -0.39 is 11.8 Å². The summed E-state index contributed by atoms with van der Waals surface area (Å²) in [5.41, 5.74) is 1.58. The smallest absolute Gasteiger partial charge is 0.266 e. The van der Waals surface area contributed by atoms with Crippen LogP contribution in [0.1, 0.15) is 22.3 Å². The van der Waals surface area contributed by atoms with E-state index in [1.165, 1.54) is 0 Å². The minimum atomic E-state index is -0.480. The van der Waals surface area contributed by atoms with E-state index in [2.05, 4.69) is 16.7 Å². The number of aliphatic imine (C=N–C) groups is 2. The topological polar surface area (TPSA) is 71.3 Å². The van der Waals surface area contributed by atoms with E-state index >= 15 is 0 Å².